The van der Waals surface area contributed by atoms with E-state index in [2.05, 4.69) is 6.07 Å². The summed E-state index contributed by atoms with van der Waals surface area (Å²) >= 11 is 0. The molecule has 0 fully saturated rings. The summed E-state index contributed by atoms with van der Waals surface area (Å²) in [6.45, 7) is 1.37. The van der Waals surface area contributed by atoms with Crippen molar-refractivity contribution in [2.75, 3.05) is 49.8 Å². The maximum atomic E-state index is 11.7. The highest BCUT2D eigenvalue weighted by Crippen LogP contribution is 2.35. The Kier molecular flexibility index (Phi) is 12.6. The van der Waals surface area contributed by atoms with Gasteiger partial charge in [0.2, 0.25) is 0 Å². The van der Waals surface area contributed by atoms with E-state index in [-0.39, 0.29) is 0 Å². The maximum absolute atomic E-state index is 11.7. The van der Waals surface area contributed by atoms with Crippen molar-refractivity contribution in [1.82, 2.24) is 0 Å². The Morgan fingerprint density at radius 3 is 1.62 bits per heavy atom. The molecule has 184 valence electrons. The summed E-state index contributed by atoms with van der Waals surface area (Å²) in [5, 5.41) is 0. The molecule has 0 aromatic heterocycles. The average molecular weight is 491 g/mol. The van der Waals surface area contributed by atoms with Crippen LogP contribution in [0.1, 0.15) is 30.9 Å². The first-order valence-electron chi connectivity index (χ1n) is 10.5. The van der Waals surface area contributed by atoms with E-state index in [1.54, 1.807) is 49.8 Å². The molecule has 0 saturated carbocycles. The second-order valence-corrected chi connectivity index (χ2v) is 13.4. The first-order chi connectivity index (χ1) is 15.3. The number of methoxy groups -OCH3 is 1. The van der Waals surface area contributed by atoms with E-state index >= 15 is 0 Å². The molecule has 1 aromatic carbocycles. The molecule has 0 radical (unpaired) electrons. The molecule has 0 atom stereocenters. The van der Waals surface area contributed by atoms with Gasteiger partial charge in [0, 0.05) is 61.7 Å². The molecule has 9 nitrogen and oxygen atoms in total. The van der Waals surface area contributed by atoms with Crippen LogP contribution in [0.25, 0.3) is 0 Å². The van der Waals surface area contributed by atoms with E-state index in [0.29, 0.717) is 30.0 Å². The highest BCUT2D eigenvalue weighted by molar-refractivity contribution is 6.60. The summed E-state index contributed by atoms with van der Waals surface area (Å²) in [5.41, 5.74) is 1.97. The van der Waals surface area contributed by atoms with Crippen molar-refractivity contribution in [3.63, 3.8) is 0 Å². The second kappa shape index (κ2) is 14.1. The quantitative estimate of drug-likeness (QED) is 0.197. The zero-order valence-electron chi connectivity index (χ0n) is 20.6. The van der Waals surface area contributed by atoms with Gasteiger partial charge in [-0.15, -0.1) is 0 Å². The predicted octanol–water partition coefficient (Wildman–Crippen LogP) is 3.24. The summed E-state index contributed by atoms with van der Waals surface area (Å²) < 4.78 is 44.1. The van der Waals surface area contributed by atoms with Crippen LogP contribution in [0.2, 0.25) is 12.1 Å². The fourth-order valence-electron chi connectivity index (χ4n) is 3.63. The first kappa shape index (κ1) is 28.7. The number of carbonyl (C=O) groups is 1. The molecule has 0 saturated heterocycles. The van der Waals surface area contributed by atoms with Crippen LogP contribution in [-0.2, 0) is 44.2 Å². The van der Waals surface area contributed by atoms with E-state index in [1.807, 2.05) is 6.07 Å². The van der Waals surface area contributed by atoms with Gasteiger partial charge in [-0.2, -0.15) is 0 Å². The average Bonchev–Trinajstić information content (AvgIpc) is 2.80. The minimum atomic E-state index is -2.67. The van der Waals surface area contributed by atoms with Crippen molar-refractivity contribution in [3.05, 3.63) is 23.3 Å². The van der Waals surface area contributed by atoms with Gasteiger partial charge in [-0.1, -0.05) is 6.07 Å². The Balaban J connectivity index is 3.07. The number of hydrogen-bond acceptors (Lipinski definition) is 9. The van der Waals surface area contributed by atoms with E-state index in [0.717, 1.165) is 30.4 Å². The Morgan fingerprint density at radius 1 is 0.750 bits per heavy atom. The van der Waals surface area contributed by atoms with Crippen LogP contribution >= 0.6 is 0 Å². The molecule has 32 heavy (non-hydrogen) atoms. The van der Waals surface area contributed by atoms with E-state index in [4.69, 9.17) is 36.0 Å². The van der Waals surface area contributed by atoms with Crippen LogP contribution in [0.4, 0.5) is 0 Å². The highest BCUT2D eigenvalue weighted by atomic mass is 28.4. The summed E-state index contributed by atoms with van der Waals surface area (Å²) in [7, 11) is 5.87. The molecule has 0 bridgehead atoms. The van der Waals surface area contributed by atoms with Gasteiger partial charge in [0.15, 0.2) is 11.5 Å². The molecule has 0 unspecified atom stereocenters. The molecule has 0 aliphatic carbocycles. The number of aryl methyl sites for hydroxylation is 2. The lowest BCUT2D eigenvalue weighted by Crippen LogP contribution is -2.42. The Labute approximate surface area is 193 Å². The van der Waals surface area contributed by atoms with E-state index in [9.17, 15) is 4.79 Å². The minimum absolute atomic E-state index is 0.402. The molecular formula is C21H38O9Si2. The van der Waals surface area contributed by atoms with Gasteiger partial charge in [0.05, 0.1) is 7.11 Å². The van der Waals surface area contributed by atoms with Gasteiger partial charge in [-0.25, -0.2) is 0 Å². The fourth-order valence-corrected chi connectivity index (χ4v) is 7.08. The number of carbonyl (C=O) groups excluding carboxylic acids is 1. The largest absolute Gasteiger partial charge is 0.500 e. The van der Waals surface area contributed by atoms with Crippen LogP contribution in [0, 0.1) is 0 Å². The molecule has 11 heteroatoms. The minimum Gasteiger partial charge on any atom is -0.493 e. The molecule has 0 amide bonds. The fraction of sp³-hybridized carbons (Fsp3) is 0.667. The van der Waals surface area contributed by atoms with Crippen molar-refractivity contribution >= 4 is 23.6 Å². The van der Waals surface area contributed by atoms with Gasteiger partial charge in [0.25, 0.3) is 0 Å². The van der Waals surface area contributed by atoms with Crippen LogP contribution in [-0.4, -0.2) is 73.3 Å². The third-order valence-corrected chi connectivity index (χ3v) is 11.1. The van der Waals surface area contributed by atoms with Gasteiger partial charge in [-0.3, -0.25) is 4.79 Å². The summed E-state index contributed by atoms with van der Waals surface area (Å²) in [6.07, 6.45) is 2.97. The lowest BCUT2D eigenvalue weighted by molar-refractivity contribution is -0.132. The highest BCUT2D eigenvalue weighted by Gasteiger charge is 2.38. The summed E-state index contributed by atoms with van der Waals surface area (Å²) in [4.78, 5) is 11.7. The Bertz CT molecular complexity index is 690. The topological polar surface area (TPSA) is 90.9 Å². The first-order valence-corrected chi connectivity index (χ1v) is 14.3. The van der Waals surface area contributed by atoms with Crippen LogP contribution < -0.4 is 9.47 Å². The van der Waals surface area contributed by atoms with Gasteiger partial charge in [-0.05, 0) is 42.9 Å². The van der Waals surface area contributed by atoms with Crippen molar-refractivity contribution in [3.8, 4) is 11.5 Å². The summed E-state index contributed by atoms with van der Waals surface area (Å²) in [5.74, 6) is 0.563. The van der Waals surface area contributed by atoms with Crippen LogP contribution in [0.3, 0.4) is 0 Å². The molecule has 0 heterocycles. The second-order valence-electron chi connectivity index (χ2n) is 7.18. The molecule has 1 aromatic rings. The smallest absolute Gasteiger partial charge is 0.493 e. The predicted molar refractivity (Wildman–Crippen MR) is 124 cm³/mol. The van der Waals surface area contributed by atoms with Crippen molar-refractivity contribution < 1.29 is 40.8 Å². The molecule has 0 N–H and O–H groups in total. The van der Waals surface area contributed by atoms with Crippen molar-refractivity contribution in [1.29, 1.82) is 0 Å². The molecular weight excluding hydrogens is 452 g/mol. The number of benzene rings is 1. The number of ether oxygens (including phenoxy) is 2. The normalized spacial score (nSPS) is 12.1. The molecule has 0 aliphatic rings. The standard InChI is InChI=1S/C21H38O9Si2/c1-17(22)30-20-16-18(11-9-13-31(24-3,25-4)26-5)15-19(21(20)23-2)12-10-14-32(27-6,28-7)29-8/h15-16H,9-14H2,1-8H3. The molecule has 0 aliphatic heterocycles. The number of rotatable bonds is 16. The van der Waals surface area contributed by atoms with Crippen LogP contribution in [0.15, 0.2) is 12.1 Å². The van der Waals surface area contributed by atoms with Gasteiger partial charge >= 0.3 is 23.6 Å². The lowest BCUT2D eigenvalue weighted by Gasteiger charge is -2.25. The summed E-state index contributed by atoms with van der Waals surface area (Å²) in [6, 6.07) is 5.25. The number of hydrogen-bond donors (Lipinski definition) is 0. The Hall–Kier alpha value is -1.32. The van der Waals surface area contributed by atoms with Crippen molar-refractivity contribution in [2.24, 2.45) is 0 Å². The third-order valence-electron chi connectivity index (χ3n) is 5.39. The zero-order chi connectivity index (χ0) is 24.2. The van der Waals surface area contributed by atoms with Gasteiger partial charge < -0.3 is 36.0 Å². The third kappa shape index (κ3) is 7.92. The van der Waals surface area contributed by atoms with E-state index < -0.39 is 23.6 Å². The molecule has 0 spiro atoms. The number of esters is 1. The van der Waals surface area contributed by atoms with Gasteiger partial charge in [0.1, 0.15) is 0 Å². The van der Waals surface area contributed by atoms with E-state index in [1.165, 1.54) is 6.92 Å². The van der Waals surface area contributed by atoms with Crippen LogP contribution in [0.5, 0.6) is 11.5 Å². The van der Waals surface area contributed by atoms with Crippen molar-refractivity contribution in [2.45, 2.75) is 44.7 Å². The monoisotopic (exact) mass is 490 g/mol. The SMILES string of the molecule is COc1c(CCC[Si](OC)(OC)OC)cc(CCC[Si](OC)(OC)OC)cc1OC(C)=O. The Morgan fingerprint density at radius 2 is 1.22 bits per heavy atom. The molecule has 1 rings (SSSR count). The lowest BCUT2D eigenvalue weighted by atomic mass is 10.0. The zero-order valence-corrected chi connectivity index (χ0v) is 22.6. The maximum Gasteiger partial charge on any atom is 0.500 e.